The molecule has 2 aliphatic heterocycles. The van der Waals surface area contributed by atoms with E-state index in [1.54, 1.807) is 11.3 Å². The van der Waals surface area contributed by atoms with E-state index < -0.39 is 0 Å². The molecule has 2 amide bonds. The Hall–Kier alpha value is -1.44. The number of thiophene rings is 1. The molecule has 6 nitrogen and oxygen atoms in total. The highest BCUT2D eigenvalue weighted by Crippen LogP contribution is 2.33. The summed E-state index contributed by atoms with van der Waals surface area (Å²) in [6.45, 7) is 7.83. The lowest BCUT2D eigenvalue weighted by Crippen LogP contribution is -2.47. The average Bonchev–Trinajstić information content (AvgIpc) is 2.99. The minimum Gasteiger partial charge on any atom is -0.355 e. The zero-order valence-electron chi connectivity index (χ0n) is 18.3. The smallest absolute Gasteiger partial charge is 0.263 e. The number of hydrogen-bond acceptors (Lipinski definition) is 5. The highest BCUT2D eigenvalue weighted by Gasteiger charge is 2.28. The van der Waals surface area contributed by atoms with E-state index in [-0.39, 0.29) is 17.7 Å². The highest BCUT2D eigenvalue weighted by molar-refractivity contribution is 7.14. The summed E-state index contributed by atoms with van der Waals surface area (Å²) in [5.74, 6) is 0.423. The zero-order chi connectivity index (χ0) is 20.9. The normalized spacial score (nSPS) is 23.6. The van der Waals surface area contributed by atoms with Crippen LogP contribution >= 0.6 is 11.3 Å². The number of aryl methyl sites for hydroxylation is 1. The first kappa shape index (κ1) is 21.8. The van der Waals surface area contributed by atoms with Crippen LogP contribution in [-0.2, 0) is 17.6 Å². The van der Waals surface area contributed by atoms with Crippen molar-refractivity contribution in [1.82, 2.24) is 20.0 Å². The number of fused-ring (bicyclic) bond motifs is 1. The predicted octanol–water partition coefficient (Wildman–Crippen LogP) is 2.23. The molecule has 166 valence electrons. The Morgan fingerprint density at radius 2 is 1.80 bits per heavy atom. The van der Waals surface area contributed by atoms with Gasteiger partial charge in [-0.2, -0.15) is 0 Å². The fourth-order valence-corrected chi connectivity index (χ4v) is 6.01. The summed E-state index contributed by atoms with van der Waals surface area (Å²) < 4.78 is 0. The number of nitrogens with zero attached hydrogens (tertiary/aromatic N) is 3. The maximum absolute atomic E-state index is 12.9. The van der Waals surface area contributed by atoms with Gasteiger partial charge in [0.1, 0.15) is 0 Å². The van der Waals surface area contributed by atoms with Gasteiger partial charge in [0.05, 0.1) is 4.88 Å². The van der Waals surface area contributed by atoms with E-state index in [2.05, 4.69) is 28.2 Å². The van der Waals surface area contributed by atoms with Crippen molar-refractivity contribution in [2.45, 2.75) is 44.9 Å². The summed E-state index contributed by atoms with van der Waals surface area (Å²) in [6, 6.07) is 2.08. The molecule has 30 heavy (non-hydrogen) atoms. The molecule has 3 heterocycles. The average molecular weight is 433 g/mol. The van der Waals surface area contributed by atoms with E-state index in [1.807, 2.05) is 4.90 Å². The third-order valence-corrected chi connectivity index (χ3v) is 8.11. The van der Waals surface area contributed by atoms with E-state index in [1.165, 1.54) is 23.3 Å². The molecule has 1 atom stereocenters. The summed E-state index contributed by atoms with van der Waals surface area (Å²) in [5.41, 5.74) is 1.23. The lowest BCUT2D eigenvalue weighted by Gasteiger charge is -2.32. The minimum atomic E-state index is 0.0423. The van der Waals surface area contributed by atoms with Gasteiger partial charge in [0.25, 0.3) is 5.91 Å². The van der Waals surface area contributed by atoms with Crippen LogP contribution in [0, 0.1) is 5.92 Å². The van der Waals surface area contributed by atoms with Crippen LogP contribution in [0.25, 0.3) is 0 Å². The number of likely N-dealkylation sites (N-methyl/N-ethyl adjacent to an activating group) is 1. The Balaban J connectivity index is 1.27. The molecule has 0 aromatic carbocycles. The van der Waals surface area contributed by atoms with Gasteiger partial charge in [0.15, 0.2) is 0 Å². The first-order valence-electron chi connectivity index (χ1n) is 11.7. The van der Waals surface area contributed by atoms with Gasteiger partial charge < -0.3 is 15.1 Å². The van der Waals surface area contributed by atoms with Crippen LogP contribution in [0.4, 0.5) is 0 Å². The SMILES string of the molecule is CN1CCN(CCNC(=O)C2CCc3sc(C(=O)N4CCCCCC4)cc3C2)CC1. The largest absolute Gasteiger partial charge is 0.355 e. The summed E-state index contributed by atoms with van der Waals surface area (Å²) >= 11 is 1.66. The molecule has 2 fully saturated rings. The number of amides is 2. The molecule has 2 saturated heterocycles. The van der Waals surface area contributed by atoms with Crippen LogP contribution in [0.5, 0.6) is 0 Å². The second-order valence-corrected chi connectivity index (χ2v) is 10.3. The van der Waals surface area contributed by atoms with Crippen molar-refractivity contribution in [1.29, 1.82) is 0 Å². The Labute approximate surface area is 184 Å². The minimum absolute atomic E-state index is 0.0423. The molecular weight excluding hydrogens is 396 g/mol. The van der Waals surface area contributed by atoms with Gasteiger partial charge in [-0.05, 0) is 50.8 Å². The maximum atomic E-state index is 12.9. The molecule has 1 aromatic rings. The van der Waals surface area contributed by atoms with Crippen LogP contribution in [0.1, 0.15) is 52.2 Å². The molecule has 4 rings (SSSR count). The Bertz CT molecular complexity index is 734. The van der Waals surface area contributed by atoms with Gasteiger partial charge in [-0.15, -0.1) is 11.3 Å². The van der Waals surface area contributed by atoms with Crippen LogP contribution in [0.2, 0.25) is 0 Å². The van der Waals surface area contributed by atoms with Crippen LogP contribution in [0.15, 0.2) is 6.07 Å². The number of hydrogen-bond donors (Lipinski definition) is 1. The summed E-state index contributed by atoms with van der Waals surface area (Å²) in [4.78, 5) is 34.7. The maximum Gasteiger partial charge on any atom is 0.263 e. The number of rotatable bonds is 5. The van der Waals surface area contributed by atoms with Crippen molar-refractivity contribution >= 4 is 23.2 Å². The van der Waals surface area contributed by atoms with Crippen LogP contribution in [-0.4, -0.2) is 85.9 Å². The molecule has 1 aromatic heterocycles. The molecule has 1 unspecified atom stereocenters. The van der Waals surface area contributed by atoms with Gasteiger partial charge in [-0.3, -0.25) is 14.5 Å². The van der Waals surface area contributed by atoms with Gasteiger partial charge in [-0.25, -0.2) is 0 Å². The number of likely N-dealkylation sites (tertiary alicyclic amines) is 1. The third kappa shape index (κ3) is 5.42. The number of carbonyl (C=O) groups is 2. The fraction of sp³-hybridized carbons (Fsp3) is 0.739. The topological polar surface area (TPSA) is 55.9 Å². The number of nitrogens with one attached hydrogen (secondary N) is 1. The number of piperazine rings is 1. The molecule has 1 aliphatic carbocycles. The molecule has 0 saturated carbocycles. The molecule has 0 spiro atoms. The second kappa shape index (κ2) is 10.2. The first-order valence-corrected chi connectivity index (χ1v) is 12.5. The molecule has 7 heteroatoms. The van der Waals surface area contributed by atoms with E-state index in [0.717, 1.165) is 89.3 Å². The van der Waals surface area contributed by atoms with Crippen molar-refractivity contribution in [3.05, 3.63) is 21.4 Å². The predicted molar refractivity (Wildman–Crippen MR) is 121 cm³/mol. The second-order valence-electron chi connectivity index (χ2n) is 9.14. The van der Waals surface area contributed by atoms with Gasteiger partial charge in [-0.1, -0.05) is 12.8 Å². The lowest BCUT2D eigenvalue weighted by molar-refractivity contribution is -0.125. The van der Waals surface area contributed by atoms with E-state index >= 15 is 0 Å². The molecule has 1 N–H and O–H groups in total. The molecule has 3 aliphatic rings. The lowest BCUT2D eigenvalue weighted by atomic mass is 9.87. The van der Waals surface area contributed by atoms with Gasteiger partial charge >= 0.3 is 0 Å². The Kier molecular flexibility index (Phi) is 7.44. The van der Waals surface area contributed by atoms with E-state index in [0.29, 0.717) is 0 Å². The van der Waals surface area contributed by atoms with Crippen molar-refractivity contribution < 1.29 is 9.59 Å². The standard InChI is InChI=1S/C23H36N4O2S/c1-25-12-14-26(15-13-25)11-8-24-22(28)18-6-7-20-19(16-18)17-21(30-20)23(29)27-9-4-2-3-5-10-27/h17-18H,2-16H2,1H3,(H,24,28). The Morgan fingerprint density at radius 3 is 2.53 bits per heavy atom. The van der Waals surface area contributed by atoms with Gasteiger partial charge in [0, 0.05) is 63.2 Å². The van der Waals surface area contributed by atoms with Crippen LogP contribution < -0.4 is 5.32 Å². The fourth-order valence-electron chi connectivity index (χ4n) is 4.84. The highest BCUT2D eigenvalue weighted by atomic mass is 32.1. The zero-order valence-corrected chi connectivity index (χ0v) is 19.1. The summed E-state index contributed by atoms with van der Waals surface area (Å²) in [5, 5.41) is 3.16. The van der Waals surface area contributed by atoms with E-state index in [9.17, 15) is 9.59 Å². The molecule has 0 radical (unpaired) electrons. The Morgan fingerprint density at radius 1 is 1.07 bits per heavy atom. The first-order chi connectivity index (χ1) is 14.6. The van der Waals surface area contributed by atoms with Crippen molar-refractivity contribution in [3.63, 3.8) is 0 Å². The van der Waals surface area contributed by atoms with Gasteiger partial charge in [0.2, 0.25) is 5.91 Å². The number of carbonyl (C=O) groups excluding carboxylic acids is 2. The van der Waals surface area contributed by atoms with E-state index in [4.69, 9.17) is 0 Å². The van der Waals surface area contributed by atoms with Crippen molar-refractivity contribution in [3.8, 4) is 0 Å². The van der Waals surface area contributed by atoms with Crippen LogP contribution in [0.3, 0.4) is 0 Å². The molecule has 0 bridgehead atoms. The van der Waals surface area contributed by atoms with Crippen molar-refractivity contribution in [2.75, 3.05) is 59.4 Å². The monoisotopic (exact) mass is 432 g/mol. The van der Waals surface area contributed by atoms with Crippen molar-refractivity contribution in [2.24, 2.45) is 5.92 Å². The molecular formula is C23H36N4O2S. The third-order valence-electron chi connectivity index (χ3n) is 6.88. The quantitative estimate of drug-likeness (QED) is 0.775. The summed E-state index contributed by atoms with van der Waals surface area (Å²) in [7, 11) is 2.16. The summed E-state index contributed by atoms with van der Waals surface area (Å²) in [6.07, 6.45) is 7.29.